The quantitative estimate of drug-likeness (QED) is 0.832. The van der Waals surface area contributed by atoms with Gasteiger partial charge in [-0.3, -0.25) is 9.59 Å². The number of nitrogens with one attached hydrogen (secondary N) is 1. The van der Waals surface area contributed by atoms with E-state index in [1.165, 1.54) is 12.1 Å². The normalized spacial score (nSPS) is 12.2. The van der Waals surface area contributed by atoms with Crippen LogP contribution in [0.4, 0.5) is 4.39 Å². The van der Waals surface area contributed by atoms with Crippen molar-refractivity contribution in [2.75, 3.05) is 6.54 Å². The highest BCUT2D eigenvalue weighted by molar-refractivity contribution is 9.10. The zero-order valence-corrected chi connectivity index (χ0v) is 12.9. The first kappa shape index (κ1) is 16.6. The second-order valence-corrected chi connectivity index (χ2v) is 5.83. The van der Waals surface area contributed by atoms with Crippen LogP contribution in [0.1, 0.15) is 30.6 Å². The van der Waals surface area contributed by atoms with Crippen molar-refractivity contribution in [1.29, 1.82) is 0 Å². The number of rotatable bonds is 6. The molecule has 0 spiro atoms. The number of carbonyl (C=O) groups is 2. The van der Waals surface area contributed by atoms with Gasteiger partial charge in [-0.25, -0.2) is 4.39 Å². The van der Waals surface area contributed by atoms with E-state index in [1.807, 2.05) is 13.8 Å². The lowest BCUT2D eigenvalue weighted by Crippen LogP contribution is -2.34. The van der Waals surface area contributed by atoms with Crippen molar-refractivity contribution in [3.05, 3.63) is 34.1 Å². The van der Waals surface area contributed by atoms with Gasteiger partial charge in [0.15, 0.2) is 0 Å². The smallest absolute Gasteiger partial charge is 0.308 e. The zero-order chi connectivity index (χ0) is 15.3. The molecule has 0 aliphatic carbocycles. The highest BCUT2D eigenvalue weighted by atomic mass is 79.9. The summed E-state index contributed by atoms with van der Waals surface area (Å²) in [6.07, 6.45) is 0.455. The van der Waals surface area contributed by atoms with Crippen LogP contribution in [0.2, 0.25) is 0 Å². The van der Waals surface area contributed by atoms with E-state index in [-0.39, 0.29) is 22.5 Å². The molecule has 20 heavy (non-hydrogen) atoms. The van der Waals surface area contributed by atoms with Gasteiger partial charge in [0, 0.05) is 6.54 Å². The van der Waals surface area contributed by atoms with Crippen LogP contribution in [-0.2, 0) is 4.79 Å². The number of hydrogen-bond donors (Lipinski definition) is 2. The molecule has 0 aliphatic rings. The van der Waals surface area contributed by atoms with Crippen molar-refractivity contribution in [3.8, 4) is 0 Å². The van der Waals surface area contributed by atoms with Gasteiger partial charge >= 0.3 is 5.97 Å². The van der Waals surface area contributed by atoms with Gasteiger partial charge in [-0.15, -0.1) is 0 Å². The number of carboxylic acids is 1. The Balaban J connectivity index is 2.70. The summed E-state index contributed by atoms with van der Waals surface area (Å²) < 4.78 is 13.9. The molecule has 1 rings (SSSR count). The number of hydrogen-bond acceptors (Lipinski definition) is 2. The van der Waals surface area contributed by atoms with Gasteiger partial charge in [0.05, 0.1) is 16.0 Å². The highest BCUT2D eigenvalue weighted by Gasteiger charge is 2.21. The van der Waals surface area contributed by atoms with E-state index in [9.17, 15) is 14.0 Å². The fourth-order valence-corrected chi connectivity index (χ4v) is 2.20. The monoisotopic (exact) mass is 345 g/mol. The Morgan fingerprint density at radius 2 is 2.05 bits per heavy atom. The predicted octanol–water partition coefficient (Wildman–Crippen LogP) is 3.06. The summed E-state index contributed by atoms with van der Waals surface area (Å²) in [6, 6.07) is 4.39. The first-order chi connectivity index (χ1) is 9.32. The molecule has 0 saturated carbocycles. The largest absolute Gasteiger partial charge is 0.481 e. The summed E-state index contributed by atoms with van der Waals surface area (Å²) in [5.74, 6) is -2.70. The first-order valence-electron chi connectivity index (χ1n) is 6.28. The topological polar surface area (TPSA) is 66.4 Å². The Kier molecular flexibility index (Phi) is 6.13. The number of carboxylic acid groups (broad SMARTS) is 1. The van der Waals surface area contributed by atoms with Crippen molar-refractivity contribution >= 4 is 27.8 Å². The maximum Gasteiger partial charge on any atom is 0.308 e. The average molecular weight is 346 g/mol. The van der Waals surface area contributed by atoms with E-state index in [1.54, 1.807) is 6.07 Å². The second kappa shape index (κ2) is 7.38. The minimum Gasteiger partial charge on any atom is -0.481 e. The standard InChI is InChI=1S/C14H17BrFNO3/c1-8(2)6-9(14(19)20)7-17-13(18)10-4-3-5-11(15)12(10)16/h3-5,8-9H,6-7H2,1-2H3,(H,17,18)(H,19,20). The summed E-state index contributed by atoms with van der Waals surface area (Å²) in [6.45, 7) is 3.80. The maximum absolute atomic E-state index is 13.7. The van der Waals surface area contributed by atoms with E-state index in [0.29, 0.717) is 6.42 Å². The van der Waals surface area contributed by atoms with Crippen LogP contribution < -0.4 is 5.32 Å². The third-order valence-corrected chi connectivity index (χ3v) is 3.42. The van der Waals surface area contributed by atoms with Gasteiger partial charge in [-0.2, -0.15) is 0 Å². The van der Waals surface area contributed by atoms with Gasteiger partial charge in [0.1, 0.15) is 5.82 Å². The zero-order valence-electron chi connectivity index (χ0n) is 11.3. The molecule has 1 unspecified atom stereocenters. The molecule has 110 valence electrons. The minimum atomic E-state index is -0.964. The summed E-state index contributed by atoms with van der Waals surface area (Å²) in [5.41, 5.74) is -0.104. The van der Waals surface area contributed by atoms with Crippen LogP contribution in [-0.4, -0.2) is 23.5 Å². The lowest BCUT2D eigenvalue weighted by Gasteiger charge is -2.15. The predicted molar refractivity (Wildman–Crippen MR) is 77.0 cm³/mol. The molecule has 0 aromatic heterocycles. The molecule has 1 aromatic carbocycles. The lowest BCUT2D eigenvalue weighted by atomic mass is 9.97. The molecule has 0 heterocycles. The number of carbonyl (C=O) groups excluding carboxylic acids is 1. The van der Waals surface area contributed by atoms with Gasteiger partial charge < -0.3 is 10.4 Å². The molecule has 6 heteroatoms. The number of amides is 1. The first-order valence-corrected chi connectivity index (χ1v) is 7.07. The average Bonchev–Trinajstić information content (AvgIpc) is 2.36. The highest BCUT2D eigenvalue weighted by Crippen LogP contribution is 2.18. The third-order valence-electron chi connectivity index (χ3n) is 2.81. The van der Waals surface area contributed by atoms with Gasteiger partial charge in [0.2, 0.25) is 0 Å². The van der Waals surface area contributed by atoms with Crippen molar-refractivity contribution in [2.45, 2.75) is 20.3 Å². The van der Waals surface area contributed by atoms with Gasteiger partial charge in [-0.1, -0.05) is 19.9 Å². The van der Waals surface area contributed by atoms with Crippen molar-refractivity contribution < 1.29 is 19.1 Å². The van der Waals surface area contributed by atoms with E-state index in [4.69, 9.17) is 5.11 Å². The van der Waals surface area contributed by atoms with E-state index in [0.717, 1.165) is 0 Å². The lowest BCUT2D eigenvalue weighted by molar-refractivity contribution is -0.142. The maximum atomic E-state index is 13.7. The number of halogens is 2. The fourth-order valence-electron chi connectivity index (χ4n) is 1.83. The Hall–Kier alpha value is -1.43. The molecule has 0 bridgehead atoms. The Morgan fingerprint density at radius 1 is 1.40 bits per heavy atom. The van der Waals surface area contributed by atoms with Gasteiger partial charge in [0.25, 0.3) is 5.91 Å². The molecule has 0 fully saturated rings. The van der Waals surface area contributed by atoms with E-state index >= 15 is 0 Å². The van der Waals surface area contributed by atoms with Crippen LogP contribution in [0.5, 0.6) is 0 Å². The molecule has 1 atom stereocenters. The number of aliphatic carboxylic acids is 1. The Labute approximate surface area is 125 Å². The molecule has 4 nitrogen and oxygen atoms in total. The molecule has 0 saturated heterocycles. The molecule has 0 radical (unpaired) electrons. The van der Waals surface area contributed by atoms with E-state index in [2.05, 4.69) is 21.2 Å². The van der Waals surface area contributed by atoms with E-state index < -0.39 is 23.6 Å². The number of benzene rings is 1. The van der Waals surface area contributed by atoms with Crippen molar-refractivity contribution in [2.24, 2.45) is 11.8 Å². The van der Waals surface area contributed by atoms with Gasteiger partial charge in [-0.05, 0) is 40.4 Å². The van der Waals surface area contributed by atoms with Crippen LogP contribution in [0, 0.1) is 17.7 Å². The van der Waals surface area contributed by atoms with Crippen molar-refractivity contribution in [1.82, 2.24) is 5.32 Å². The fraction of sp³-hybridized carbons (Fsp3) is 0.429. The molecular weight excluding hydrogens is 329 g/mol. The van der Waals surface area contributed by atoms with Crippen LogP contribution >= 0.6 is 15.9 Å². The summed E-state index contributed by atoms with van der Waals surface area (Å²) in [5, 5.41) is 11.5. The SMILES string of the molecule is CC(C)CC(CNC(=O)c1cccc(Br)c1F)C(=O)O. The van der Waals surface area contributed by atoms with Crippen LogP contribution in [0.25, 0.3) is 0 Å². The van der Waals surface area contributed by atoms with Crippen LogP contribution in [0.15, 0.2) is 22.7 Å². The molecule has 1 aromatic rings. The molecule has 1 amide bonds. The minimum absolute atomic E-state index is 0.0156. The van der Waals surface area contributed by atoms with Crippen molar-refractivity contribution in [3.63, 3.8) is 0 Å². The van der Waals surface area contributed by atoms with Crippen LogP contribution in [0.3, 0.4) is 0 Å². The molecular formula is C14H17BrFNO3. The summed E-state index contributed by atoms with van der Waals surface area (Å²) in [4.78, 5) is 22.9. The molecule has 2 N–H and O–H groups in total. The second-order valence-electron chi connectivity index (χ2n) is 4.98. The Bertz CT molecular complexity index is 505. The summed E-state index contributed by atoms with van der Waals surface area (Å²) >= 11 is 3.00. The third kappa shape index (κ3) is 4.59. The Morgan fingerprint density at radius 3 is 2.60 bits per heavy atom. The molecule has 0 aliphatic heterocycles. The summed E-state index contributed by atoms with van der Waals surface area (Å²) in [7, 11) is 0.